The SMILES string of the molecule is COc1ccc(NC(=O)Nc2cccc(SC3=C(Nc4ccc(Br)cc4)C(=O)N(c4ccccc4)C3=O)c2)cc1. The Hall–Kier alpha value is -4.54. The van der Waals surface area contributed by atoms with Crippen molar-refractivity contribution >= 4 is 68.3 Å². The van der Waals surface area contributed by atoms with Gasteiger partial charge in [0.05, 0.1) is 12.8 Å². The third-order valence-electron chi connectivity index (χ3n) is 5.83. The predicted octanol–water partition coefficient (Wildman–Crippen LogP) is 7.09. The van der Waals surface area contributed by atoms with Crippen LogP contribution in [0, 0.1) is 0 Å². The number of ether oxygens (including phenoxy) is 1. The molecule has 0 spiro atoms. The summed E-state index contributed by atoms with van der Waals surface area (Å²) in [6, 6.07) is 29.7. The lowest BCUT2D eigenvalue weighted by molar-refractivity contribution is -0.120. The fourth-order valence-corrected chi connectivity index (χ4v) is 5.18. The van der Waals surface area contributed by atoms with Gasteiger partial charge in [-0.15, -0.1) is 0 Å². The van der Waals surface area contributed by atoms with E-state index >= 15 is 0 Å². The van der Waals surface area contributed by atoms with Crippen molar-refractivity contribution in [2.24, 2.45) is 0 Å². The van der Waals surface area contributed by atoms with Gasteiger partial charge in [0, 0.05) is 26.4 Å². The molecule has 1 aliphatic rings. The van der Waals surface area contributed by atoms with Crippen LogP contribution in [0.15, 0.2) is 123 Å². The number of urea groups is 1. The predicted molar refractivity (Wildman–Crippen MR) is 162 cm³/mol. The Labute approximate surface area is 243 Å². The van der Waals surface area contributed by atoms with Gasteiger partial charge < -0.3 is 20.7 Å². The molecule has 40 heavy (non-hydrogen) atoms. The Kier molecular flexibility index (Phi) is 8.18. The monoisotopic (exact) mass is 614 g/mol. The Balaban J connectivity index is 1.38. The normalized spacial score (nSPS) is 12.9. The maximum atomic E-state index is 13.6. The molecule has 0 unspecified atom stereocenters. The van der Waals surface area contributed by atoms with E-state index in [0.717, 1.165) is 21.1 Å². The maximum Gasteiger partial charge on any atom is 0.323 e. The Morgan fingerprint density at radius 3 is 2.15 bits per heavy atom. The van der Waals surface area contributed by atoms with E-state index in [0.29, 0.717) is 33.4 Å². The lowest BCUT2D eigenvalue weighted by Gasteiger charge is -2.15. The molecular formula is C30H23BrN4O4S. The van der Waals surface area contributed by atoms with Crippen molar-refractivity contribution in [1.82, 2.24) is 0 Å². The molecule has 200 valence electrons. The standard InChI is InChI=1S/C30H23BrN4O4S/c1-39-24-16-14-21(15-17-24)33-30(38)34-22-6-5-9-25(18-22)40-27-26(32-20-12-10-19(31)11-13-20)28(36)35(29(27)37)23-7-3-2-4-8-23/h2-18,32H,1H3,(H2,33,34,38). The van der Waals surface area contributed by atoms with Crippen LogP contribution in [0.1, 0.15) is 0 Å². The Morgan fingerprint density at radius 2 is 1.45 bits per heavy atom. The Bertz CT molecular complexity index is 1590. The number of methoxy groups -OCH3 is 1. The van der Waals surface area contributed by atoms with Gasteiger partial charge in [-0.2, -0.15) is 0 Å². The van der Waals surface area contributed by atoms with Crippen molar-refractivity contribution in [1.29, 1.82) is 0 Å². The van der Waals surface area contributed by atoms with Crippen LogP contribution in [0.5, 0.6) is 5.75 Å². The van der Waals surface area contributed by atoms with Crippen molar-refractivity contribution in [3.63, 3.8) is 0 Å². The summed E-state index contributed by atoms with van der Waals surface area (Å²) < 4.78 is 6.03. The lowest BCUT2D eigenvalue weighted by Crippen LogP contribution is -2.32. The van der Waals surface area contributed by atoms with Crippen LogP contribution >= 0.6 is 27.7 Å². The van der Waals surface area contributed by atoms with Crippen LogP contribution in [0.3, 0.4) is 0 Å². The Morgan fingerprint density at radius 1 is 0.775 bits per heavy atom. The fraction of sp³-hybridized carbons (Fsp3) is 0.0333. The number of carbonyl (C=O) groups is 3. The number of para-hydroxylation sites is 1. The van der Waals surface area contributed by atoms with E-state index in [1.807, 2.05) is 36.4 Å². The second-order valence-corrected chi connectivity index (χ2v) is 10.6. The van der Waals surface area contributed by atoms with E-state index in [-0.39, 0.29) is 10.6 Å². The lowest BCUT2D eigenvalue weighted by atomic mass is 10.3. The summed E-state index contributed by atoms with van der Waals surface area (Å²) in [6.07, 6.45) is 0. The number of carbonyl (C=O) groups excluding carboxylic acids is 3. The summed E-state index contributed by atoms with van der Waals surface area (Å²) in [4.78, 5) is 41.7. The van der Waals surface area contributed by atoms with E-state index < -0.39 is 17.8 Å². The van der Waals surface area contributed by atoms with Crippen molar-refractivity contribution in [3.8, 4) is 5.75 Å². The number of hydrogen-bond acceptors (Lipinski definition) is 6. The summed E-state index contributed by atoms with van der Waals surface area (Å²) in [7, 11) is 1.57. The van der Waals surface area contributed by atoms with E-state index in [9.17, 15) is 14.4 Å². The zero-order valence-electron chi connectivity index (χ0n) is 21.2. The van der Waals surface area contributed by atoms with Crippen LogP contribution in [0.4, 0.5) is 27.5 Å². The van der Waals surface area contributed by atoms with Gasteiger partial charge in [-0.25, -0.2) is 9.69 Å². The molecular weight excluding hydrogens is 592 g/mol. The molecule has 0 radical (unpaired) electrons. The second-order valence-electron chi connectivity index (χ2n) is 8.55. The highest BCUT2D eigenvalue weighted by molar-refractivity contribution is 9.10. The largest absolute Gasteiger partial charge is 0.497 e. The van der Waals surface area contributed by atoms with Gasteiger partial charge in [0.1, 0.15) is 16.4 Å². The quantitative estimate of drug-likeness (QED) is 0.183. The first-order valence-electron chi connectivity index (χ1n) is 12.1. The van der Waals surface area contributed by atoms with Gasteiger partial charge in [0.2, 0.25) is 0 Å². The van der Waals surface area contributed by atoms with Gasteiger partial charge in [-0.3, -0.25) is 9.59 Å². The number of rotatable bonds is 8. The first kappa shape index (κ1) is 27.0. The summed E-state index contributed by atoms with van der Waals surface area (Å²) in [5, 5.41) is 8.71. The number of amides is 4. The van der Waals surface area contributed by atoms with Gasteiger partial charge in [0.25, 0.3) is 11.8 Å². The van der Waals surface area contributed by atoms with Gasteiger partial charge in [-0.05, 0) is 78.9 Å². The highest BCUT2D eigenvalue weighted by atomic mass is 79.9. The molecule has 4 aromatic carbocycles. The highest BCUT2D eigenvalue weighted by Gasteiger charge is 2.40. The summed E-state index contributed by atoms with van der Waals surface area (Å²) in [6.45, 7) is 0. The van der Waals surface area contributed by atoms with E-state index in [1.165, 1.54) is 0 Å². The third kappa shape index (κ3) is 6.19. The average molecular weight is 616 g/mol. The highest BCUT2D eigenvalue weighted by Crippen LogP contribution is 2.38. The molecule has 0 aromatic heterocycles. The molecule has 1 aliphatic heterocycles. The van der Waals surface area contributed by atoms with Gasteiger partial charge in [0.15, 0.2) is 0 Å². The van der Waals surface area contributed by atoms with Gasteiger partial charge in [-0.1, -0.05) is 52.0 Å². The number of nitrogens with zero attached hydrogens (tertiary/aromatic N) is 1. The molecule has 0 bridgehead atoms. The number of benzene rings is 4. The fourth-order valence-electron chi connectivity index (χ4n) is 3.93. The number of hydrogen-bond donors (Lipinski definition) is 3. The molecule has 0 atom stereocenters. The molecule has 10 heteroatoms. The number of anilines is 4. The molecule has 0 fully saturated rings. The zero-order chi connectivity index (χ0) is 28.1. The molecule has 0 aliphatic carbocycles. The summed E-state index contributed by atoms with van der Waals surface area (Å²) in [5.74, 6) is -0.198. The number of imide groups is 1. The minimum atomic E-state index is -0.449. The number of nitrogens with one attached hydrogen (secondary N) is 3. The summed E-state index contributed by atoms with van der Waals surface area (Å²) >= 11 is 4.56. The van der Waals surface area contributed by atoms with Crippen molar-refractivity contribution in [2.75, 3.05) is 28.0 Å². The van der Waals surface area contributed by atoms with Crippen LogP contribution < -0.4 is 25.6 Å². The molecule has 4 amide bonds. The van der Waals surface area contributed by atoms with Crippen molar-refractivity contribution in [2.45, 2.75) is 4.90 Å². The molecule has 1 heterocycles. The van der Waals surface area contributed by atoms with E-state index in [1.54, 1.807) is 73.8 Å². The molecule has 8 nitrogen and oxygen atoms in total. The molecule has 0 saturated carbocycles. The molecule has 0 saturated heterocycles. The minimum Gasteiger partial charge on any atom is -0.497 e. The number of halogens is 1. The van der Waals surface area contributed by atoms with Crippen LogP contribution in [-0.4, -0.2) is 25.0 Å². The first-order valence-corrected chi connectivity index (χ1v) is 13.7. The van der Waals surface area contributed by atoms with Crippen LogP contribution in [0.25, 0.3) is 0 Å². The maximum absolute atomic E-state index is 13.6. The number of thioether (sulfide) groups is 1. The topological polar surface area (TPSA) is 99.8 Å². The molecule has 5 rings (SSSR count). The molecule has 3 N–H and O–H groups in total. The second kappa shape index (κ2) is 12.1. The van der Waals surface area contributed by atoms with Crippen molar-refractivity contribution < 1.29 is 19.1 Å². The molecule has 4 aromatic rings. The van der Waals surface area contributed by atoms with Gasteiger partial charge >= 0.3 is 6.03 Å². The van der Waals surface area contributed by atoms with Crippen molar-refractivity contribution in [3.05, 3.63) is 118 Å². The van der Waals surface area contributed by atoms with E-state index in [2.05, 4.69) is 31.9 Å². The average Bonchev–Trinajstić information content (AvgIpc) is 3.19. The van der Waals surface area contributed by atoms with Crippen LogP contribution in [0.2, 0.25) is 0 Å². The zero-order valence-corrected chi connectivity index (χ0v) is 23.6. The van der Waals surface area contributed by atoms with E-state index in [4.69, 9.17) is 4.74 Å². The first-order chi connectivity index (χ1) is 19.4. The minimum absolute atomic E-state index is 0.178. The van der Waals surface area contributed by atoms with Crippen LogP contribution in [-0.2, 0) is 9.59 Å². The smallest absolute Gasteiger partial charge is 0.323 e. The third-order valence-corrected chi connectivity index (χ3v) is 7.43. The summed E-state index contributed by atoms with van der Waals surface area (Å²) in [5.41, 5.74) is 2.45.